The molecule has 7 heteroatoms. The van der Waals surface area contributed by atoms with Gasteiger partial charge in [-0.1, -0.05) is 6.07 Å². The highest BCUT2D eigenvalue weighted by molar-refractivity contribution is 6.04. The number of hydrogen-bond donors (Lipinski definition) is 1. The van der Waals surface area contributed by atoms with Gasteiger partial charge in [-0.3, -0.25) is 24.5 Å². The number of nitrogens with zero attached hydrogens (tertiary/aromatic N) is 4. The summed E-state index contributed by atoms with van der Waals surface area (Å²) < 4.78 is 0. The van der Waals surface area contributed by atoms with E-state index in [2.05, 4.69) is 20.2 Å². The lowest BCUT2D eigenvalue weighted by molar-refractivity contribution is -0.127. The number of hydrogen-bond acceptors (Lipinski definition) is 5. The molecule has 2 aliphatic heterocycles. The topological polar surface area (TPSA) is 78.4 Å². The van der Waals surface area contributed by atoms with E-state index in [-0.39, 0.29) is 17.7 Å². The van der Waals surface area contributed by atoms with Crippen molar-refractivity contribution in [3.05, 3.63) is 36.2 Å². The van der Waals surface area contributed by atoms with Gasteiger partial charge in [-0.2, -0.15) is 0 Å². The summed E-state index contributed by atoms with van der Waals surface area (Å²) in [6, 6.07) is 6.49. The molecule has 3 fully saturated rings. The molecule has 30 heavy (non-hydrogen) atoms. The number of carbonyl (C=O) groups is 2. The van der Waals surface area contributed by atoms with Gasteiger partial charge >= 0.3 is 0 Å². The van der Waals surface area contributed by atoms with Crippen LogP contribution in [-0.2, 0) is 4.79 Å². The van der Waals surface area contributed by atoms with Gasteiger partial charge in [0, 0.05) is 44.1 Å². The molecule has 1 aromatic heterocycles. The first-order valence-electron chi connectivity index (χ1n) is 11.2. The third-order valence-electron chi connectivity index (χ3n) is 6.74. The molecule has 2 aromatic rings. The van der Waals surface area contributed by atoms with E-state index in [1.165, 1.54) is 0 Å². The van der Waals surface area contributed by atoms with Crippen molar-refractivity contribution in [2.45, 2.75) is 50.6 Å². The molecule has 1 atom stereocenters. The average Bonchev–Trinajstić information content (AvgIpc) is 3.62. The zero-order valence-corrected chi connectivity index (χ0v) is 17.3. The average molecular weight is 408 g/mol. The van der Waals surface area contributed by atoms with Crippen LogP contribution in [0.5, 0.6) is 0 Å². The number of nitrogens with one attached hydrogen (secondary N) is 1. The summed E-state index contributed by atoms with van der Waals surface area (Å²) >= 11 is 0. The third kappa shape index (κ3) is 4.03. The maximum absolute atomic E-state index is 13.1. The molecule has 7 nitrogen and oxygen atoms in total. The fraction of sp³-hybridized carbons (Fsp3) is 0.565. The Balaban J connectivity index is 1.19. The van der Waals surface area contributed by atoms with Crippen molar-refractivity contribution in [3.63, 3.8) is 0 Å². The summed E-state index contributed by atoms with van der Waals surface area (Å²) in [5.74, 6) is 0.403. The van der Waals surface area contributed by atoms with E-state index in [0.717, 1.165) is 70.2 Å². The molecule has 1 saturated carbocycles. The SMILES string of the molecule is O=C(NC1CC1)[C@H]1CCCN(C2CCN(C(=O)c3cccc4nccnc34)CC2)C1. The van der Waals surface area contributed by atoms with Crippen molar-refractivity contribution in [1.82, 2.24) is 25.1 Å². The zero-order valence-electron chi connectivity index (χ0n) is 17.3. The van der Waals surface area contributed by atoms with Gasteiger partial charge in [-0.15, -0.1) is 0 Å². The van der Waals surface area contributed by atoms with Crippen LogP contribution in [0.4, 0.5) is 0 Å². The maximum Gasteiger partial charge on any atom is 0.256 e. The van der Waals surface area contributed by atoms with Crippen molar-refractivity contribution in [2.75, 3.05) is 26.2 Å². The summed E-state index contributed by atoms with van der Waals surface area (Å²) in [5.41, 5.74) is 2.06. The summed E-state index contributed by atoms with van der Waals surface area (Å²) in [6.45, 7) is 3.41. The summed E-state index contributed by atoms with van der Waals surface area (Å²) in [6.07, 6.45) is 9.55. The van der Waals surface area contributed by atoms with Crippen LogP contribution in [0, 0.1) is 5.92 Å². The Morgan fingerprint density at radius 3 is 2.57 bits per heavy atom. The Bertz CT molecular complexity index is 931. The van der Waals surface area contributed by atoms with Crippen molar-refractivity contribution < 1.29 is 9.59 Å². The first-order valence-corrected chi connectivity index (χ1v) is 11.2. The molecule has 2 saturated heterocycles. The second kappa shape index (κ2) is 8.30. The predicted octanol–water partition coefficient (Wildman–Crippen LogP) is 2.22. The lowest BCUT2D eigenvalue weighted by Gasteiger charge is -2.42. The molecule has 5 rings (SSSR count). The smallest absolute Gasteiger partial charge is 0.256 e. The van der Waals surface area contributed by atoms with E-state index in [4.69, 9.17) is 0 Å². The molecular formula is C23H29N5O2. The van der Waals surface area contributed by atoms with Crippen molar-refractivity contribution in [1.29, 1.82) is 0 Å². The second-order valence-corrected chi connectivity index (χ2v) is 8.87. The molecule has 2 amide bonds. The van der Waals surface area contributed by atoms with Gasteiger partial charge in [0.15, 0.2) is 0 Å². The van der Waals surface area contributed by atoms with Crippen LogP contribution in [0.1, 0.15) is 48.9 Å². The highest BCUT2D eigenvalue weighted by atomic mass is 16.2. The van der Waals surface area contributed by atoms with Gasteiger partial charge < -0.3 is 10.2 Å². The van der Waals surface area contributed by atoms with E-state index in [0.29, 0.717) is 23.2 Å². The number of carbonyl (C=O) groups excluding carboxylic acids is 2. The Hall–Kier alpha value is -2.54. The summed E-state index contributed by atoms with van der Waals surface area (Å²) in [5, 5.41) is 3.17. The number of para-hydroxylation sites is 1. The fourth-order valence-corrected chi connectivity index (χ4v) is 4.87. The van der Waals surface area contributed by atoms with Crippen LogP contribution < -0.4 is 5.32 Å². The molecule has 0 bridgehead atoms. The van der Waals surface area contributed by atoms with Gasteiger partial charge in [0.05, 0.1) is 17.0 Å². The largest absolute Gasteiger partial charge is 0.353 e. The number of likely N-dealkylation sites (tertiary alicyclic amines) is 2. The Morgan fingerprint density at radius 2 is 1.77 bits per heavy atom. The van der Waals surface area contributed by atoms with E-state index in [1.807, 2.05) is 23.1 Å². The van der Waals surface area contributed by atoms with Crippen molar-refractivity contribution >= 4 is 22.8 Å². The number of amides is 2. The first kappa shape index (κ1) is 19.4. The van der Waals surface area contributed by atoms with Crippen LogP contribution in [0.25, 0.3) is 11.0 Å². The monoisotopic (exact) mass is 407 g/mol. The zero-order chi connectivity index (χ0) is 20.5. The lowest BCUT2D eigenvalue weighted by Crippen LogP contribution is -2.51. The predicted molar refractivity (Wildman–Crippen MR) is 114 cm³/mol. The highest BCUT2D eigenvalue weighted by Gasteiger charge is 2.34. The van der Waals surface area contributed by atoms with E-state index < -0.39 is 0 Å². The molecule has 1 aliphatic carbocycles. The number of rotatable bonds is 4. The van der Waals surface area contributed by atoms with E-state index in [1.54, 1.807) is 12.4 Å². The number of benzene rings is 1. The van der Waals surface area contributed by atoms with Crippen molar-refractivity contribution in [3.8, 4) is 0 Å². The molecule has 0 unspecified atom stereocenters. The second-order valence-electron chi connectivity index (χ2n) is 8.87. The van der Waals surface area contributed by atoms with Crippen molar-refractivity contribution in [2.24, 2.45) is 5.92 Å². The van der Waals surface area contributed by atoms with E-state index >= 15 is 0 Å². The fourth-order valence-electron chi connectivity index (χ4n) is 4.87. The van der Waals surface area contributed by atoms with Gasteiger partial charge in [0.1, 0.15) is 5.52 Å². The Morgan fingerprint density at radius 1 is 0.967 bits per heavy atom. The van der Waals surface area contributed by atoms with Gasteiger partial charge in [0.25, 0.3) is 5.91 Å². The minimum absolute atomic E-state index is 0.0416. The standard InChI is InChI=1S/C23H29N5O2/c29-22(26-17-6-7-17)16-3-2-12-28(15-16)18-8-13-27(14-9-18)23(30)19-4-1-5-20-21(19)25-11-10-24-20/h1,4-5,10-11,16-18H,2-3,6-9,12-15H2,(H,26,29)/t16-/m0/s1. The molecular weight excluding hydrogens is 378 g/mol. The number of piperidine rings is 2. The van der Waals surface area contributed by atoms with Crippen LogP contribution in [-0.4, -0.2) is 69.8 Å². The molecule has 0 spiro atoms. The molecule has 1 N–H and O–H groups in total. The summed E-state index contributed by atoms with van der Waals surface area (Å²) in [4.78, 5) is 38.7. The van der Waals surface area contributed by atoms with Gasteiger partial charge in [-0.05, 0) is 57.2 Å². The lowest BCUT2D eigenvalue weighted by atomic mass is 9.93. The van der Waals surface area contributed by atoms with Crippen LogP contribution >= 0.6 is 0 Å². The molecule has 1 aromatic carbocycles. The highest BCUT2D eigenvalue weighted by Crippen LogP contribution is 2.27. The van der Waals surface area contributed by atoms with Gasteiger partial charge in [-0.25, -0.2) is 0 Å². The van der Waals surface area contributed by atoms with E-state index in [9.17, 15) is 9.59 Å². The molecule has 158 valence electrons. The van der Waals surface area contributed by atoms with Gasteiger partial charge in [0.2, 0.25) is 5.91 Å². The molecule has 0 radical (unpaired) electrons. The quantitative estimate of drug-likeness (QED) is 0.841. The van der Waals surface area contributed by atoms with Crippen LogP contribution in [0.15, 0.2) is 30.6 Å². The third-order valence-corrected chi connectivity index (χ3v) is 6.74. The number of fused-ring (bicyclic) bond motifs is 1. The molecule has 3 aliphatic rings. The maximum atomic E-state index is 13.1. The molecule has 3 heterocycles. The Labute approximate surface area is 176 Å². The minimum atomic E-state index is 0.0416. The number of aromatic nitrogens is 2. The van der Waals surface area contributed by atoms with Crippen LogP contribution in [0.3, 0.4) is 0 Å². The first-order chi connectivity index (χ1) is 14.7. The minimum Gasteiger partial charge on any atom is -0.353 e. The van der Waals surface area contributed by atoms with Crippen LogP contribution in [0.2, 0.25) is 0 Å². The summed E-state index contributed by atoms with van der Waals surface area (Å²) in [7, 11) is 0. The normalized spacial score (nSPS) is 23.5. The Kier molecular flexibility index (Phi) is 5.37.